The number of piperazine rings is 1. The number of aromatic nitrogens is 6. The van der Waals surface area contributed by atoms with E-state index in [2.05, 4.69) is 35.6 Å². The van der Waals surface area contributed by atoms with Crippen molar-refractivity contribution in [2.45, 2.75) is 32.9 Å². The van der Waals surface area contributed by atoms with Crippen molar-refractivity contribution in [3.05, 3.63) is 83.7 Å². The summed E-state index contributed by atoms with van der Waals surface area (Å²) in [5.74, 6) is 0.173. The topological polar surface area (TPSA) is 135 Å². The highest BCUT2D eigenvalue weighted by molar-refractivity contribution is 5.94. The molecule has 0 radical (unpaired) electrons. The van der Waals surface area contributed by atoms with Gasteiger partial charge in [0.1, 0.15) is 17.0 Å². The van der Waals surface area contributed by atoms with Crippen LogP contribution in [0.5, 0.6) is 0 Å². The zero-order valence-electron chi connectivity index (χ0n) is 23.9. The summed E-state index contributed by atoms with van der Waals surface area (Å²) in [6.07, 6.45) is 1.56. The van der Waals surface area contributed by atoms with E-state index in [4.69, 9.17) is 4.42 Å². The fourth-order valence-electron chi connectivity index (χ4n) is 5.09. The van der Waals surface area contributed by atoms with E-state index in [1.54, 1.807) is 58.4 Å². The molecule has 6 rings (SSSR count). The lowest BCUT2D eigenvalue weighted by Gasteiger charge is -2.38. The van der Waals surface area contributed by atoms with Gasteiger partial charge in [0.05, 0.1) is 12.1 Å². The summed E-state index contributed by atoms with van der Waals surface area (Å²) in [4.78, 5) is 39.3. The molecule has 5 aromatic rings. The Morgan fingerprint density at radius 3 is 2.47 bits per heavy atom. The van der Waals surface area contributed by atoms with E-state index in [1.165, 1.54) is 19.1 Å². The normalized spacial score (nSPS) is 14.8. The van der Waals surface area contributed by atoms with Crippen LogP contribution in [0.2, 0.25) is 0 Å². The van der Waals surface area contributed by atoms with E-state index in [9.17, 15) is 14.0 Å². The van der Waals surface area contributed by atoms with Crippen molar-refractivity contribution in [3.63, 3.8) is 0 Å². The first-order valence-corrected chi connectivity index (χ1v) is 14.0. The summed E-state index contributed by atoms with van der Waals surface area (Å²) < 4.78 is 19.6. The summed E-state index contributed by atoms with van der Waals surface area (Å²) >= 11 is 0. The minimum atomic E-state index is -0.336. The molecule has 12 nitrogen and oxygen atoms in total. The third-order valence-electron chi connectivity index (χ3n) is 7.24. The molecule has 0 aliphatic carbocycles. The van der Waals surface area contributed by atoms with Gasteiger partial charge in [0.15, 0.2) is 11.4 Å². The molecule has 1 fully saturated rings. The Morgan fingerprint density at radius 1 is 1.00 bits per heavy atom. The Balaban J connectivity index is 1.18. The van der Waals surface area contributed by atoms with Gasteiger partial charge in [-0.25, -0.2) is 9.37 Å². The number of nitrogens with zero attached hydrogens (tertiary/aromatic N) is 8. The Morgan fingerprint density at radius 2 is 1.77 bits per heavy atom. The number of carbonyl (C=O) groups is 2. The Labute approximate surface area is 246 Å². The smallest absolute Gasteiger partial charge is 0.272 e. The molecule has 3 aromatic heterocycles. The number of benzene rings is 2. The summed E-state index contributed by atoms with van der Waals surface area (Å²) in [5.41, 5.74) is 3.51. The van der Waals surface area contributed by atoms with Gasteiger partial charge in [-0.3, -0.25) is 19.5 Å². The van der Waals surface area contributed by atoms with Crippen molar-refractivity contribution in [1.29, 1.82) is 0 Å². The second-order valence-corrected chi connectivity index (χ2v) is 10.7. The van der Waals surface area contributed by atoms with E-state index in [1.807, 2.05) is 13.8 Å². The summed E-state index contributed by atoms with van der Waals surface area (Å²) in [5, 5.41) is 15.8. The number of nitrogens with one attached hydrogen (secondary N) is 1. The summed E-state index contributed by atoms with van der Waals surface area (Å²) in [6.45, 7) is 7.39. The van der Waals surface area contributed by atoms with Crippen LogP contribution in [0.15, 0.2) is 65.2 Å². The van der Waals surface area contributed by atoms with Gasteiger partial charge in [0, 0.05) is 50.6 Å². The third-order valence-corrected chi connectivity index (χ3v) is 7.24. The van der Waals surface area contributed by atoms with Crippen molar-refractivity contribution in [1.82, 2.24) is 40.0 Å². The number of halogens is 1. The van der Waals surface area contributed by atoms with Gasteiger partial charge >= 0.3 is 0 Å². The van der Waals surface area contributed by atoms with Crippen molar-refractivity contribution in [2.24, 2.45) is 0 Å². The lowest BCUT2D eigenvalue weighted by atomic mass is 10.0. The first-order valence-electron chi connectivity index (χ1n) is 14.0. The van der Waals surface area contributed by atoms with Crippen molar-refractivity contribution >= 4 is 28.6 Å². The number of tetrazole rings is 1. The van der Waals surface area contributed by atoms with Gasteiger partial charge in [0.25, 0.3) is 5.91 Å². The predicted molar refractivity (Wildman–Crippen MR) is 155 cm³/mol. The zero-order chi connectivity index (χ0) is 30.1. The summed E-state index contributed by atoms with van der Waals surface area (Å²) in [6, 6.07) is 14.6. The minimum absolute atomic E-state index is 0.0452. The number of anilines is 1. The second kappa shape index (κ2) is 11.7. The largest absolute Gasteiger partial charge is 0.436 e. The fraction of sp³-hybridized carbons (Fsp3) is 0.300. The Hall–Kier alpha value is -5.04. The van der Waals surface area contributed by atoms with Crippen LogP contribution in [0.25, 0.3) is 22.6 Å². The monoisotopic (exact) mass is 583 g/mol. The number of rotatable bonds is 7. The van der Waals surface area contributed by atoms with E-state index in [0.717, 1.165) is 5.56 Å². The molecule has 2 amide bonds. The van der Waals surface area contributed by atoms with Gasteiger partial charge in [-0.05, 0) is 67.1 Å². The van der Waals surface area contributed by atoms with E-state index < -0.39 is 0 Å². The highest BCUT2D eigenvalue weighted by Gasteiger charge is 2.32. The van der Waals surface area contributed by atoms with Gasteiger partial charge in [-0.2, -0.15) is 4.80 Å². The van der Waals surface area contributed by atoms with Gasteiger partial charge in [-0.15, -0.1) is 10.2 Å². The molecular weight excluding hydrogens is 553 g/mol. The maximum Gasteiger partial charge on any atom is 0.272 e. The first kappa shape index (κ1) is 28.1. The molecule has 0 bridgehead atoms. The number of fused-ring (bicyclic) bond motifs is 1. The second-order valence-electron chi connectivity index (χ2n) is 10.7. The van der Waals surface area contributed by atoms with Crippen molar-refractivity contribution in [3.8, 4) is 11.5 Å². The fourth-order valence-corrected chi connectivity index (χ4v) is 5.09. The van der Waals surface area contributed by atoms with Crippen LogP contribution >= 0.6 is 0 Å². The molecule has 1 aliphatic rings. The van der Waals surface area contributed by atoms with Gasteiger partial charge < -0.3 is 14.6 Å². The molecule has 13 heteroatoms. The van der Waals surface area contributed by atoms with E-state index >= 15 is 0 Å². The van der Waals surface area contributed by atoms with Crippen LogP contribution in [0.1, 0.15) is 54.7 Å². The zero-order valence-corrected chi connectivity index (χ0v) is 23.9. The Kier molecular flexibility index (Phi) is 7.63. The number of pyridine rings is 1. The number of hydrogen-bond donors (Lipinski definition) is 1. The SMILES string of the molecule is CC(=O)Nc1ccc2oc(-c3ccnc(C(=O)N4CCN([C@@H](c5ccc(F)cc5)c5nnn(C(C)C)n5)CC4)c3)nc2c1. The molecule has 43 heavy (non-hydrogen) atoms. The molecule has 1 atom stereocenters. The van der Waals surface area contributed by atoms with Crippen molar-refractivity contribution < 1.29 is 18.4 Å². The molecule has 220 valence electrons. The van der Waals surface area contributed by atoms with Gasteiger partial charge in [-0.1, -0.05) is 12.1 Å². The molecule has 0 spiro atoms. The number of oxazole rings is 1. The molecule has 0 saturated carbocycles. The number of hydrogen-bond acceptors (Lipinski definition) is 9. The van der Waals surface area contributed by atoms with E-state index in [0.29, 0.717) is 60.2 Å². The molecule has 1 N–H and O–H groups in total. The molecule has 2 aromatic carbocycles. The van der Waals surface area contributed by atoms with Crippen molar-refractivity contribution in [2.75, 3.05) is 31.5 Å². The van der Waals surface area contributed by atoms with Gasteiger partial charge in [0.2, 0.25) is 11.8 Å². The molecular formula is C30H30FN9O3. The molecule has 4 heterocycles. The minimum Gasteiger partial charge on any atom is -0.436 e. The van der Waals surface area contributed by atoms with Crippen LogP contribution in [0, 0.1) is 5.82 Å². The lowest BCUT2D eigenvalue weighted by Crippen LogP contribution is -2.50. The molecule has 0 unspecified atom stereocenters. The third kappa shape index (κ3) is 5.97. The maximum absolute atomic E-state index is 13.7. The van der Waals surface area contributed by atoms with Crippen LogP contribution in [-0.4, -0.2) is 78.0 Å². The number of carbonyl (C=O) groups excluding carboxylic acids is 2. The average molecular weight is 584 g/mol. The quantitative estimate of drug-likeness (QED) is 0.300. The standard InChI is InChI=1S/C30H30FN9O3/c1-18(2)40-36-28(35-37-40)27(20-4-6-22(31)7-5-20)38-12-14-39(15-13-38)30(42)25-16-21(10-11-32-25)29-34-24-17-23(33-19(3)41)8-9-26(24)43-29/h4-11,16-18,27H,12-15H2,1-3H3,(H,33,41)/t27-/m0/s1. The highest BCUT2D eigenvalue weighted by atomic mass is 19.1. The highest BCUT2D eigenvalue weighted by Crippen LogP contribution is 2.29. The van der Waals surface area contributed by atoms with Crippen LogP contribution in [-0.2, 0) is 4.79 Å². The Bertz CT molecular complexity index is 1780. The number of amides is 2. The molecule has 1 aliphatic heterocycles. The predicted octanol–water partition coefficient (Wildman–Crippen LogP) is 4.10. The van der Waals surface area contributed by atoms with E-state index in [-0.39, 0.29) is 35.4 Å². The average Bonchev–Trinajstić information content (AvgIpc) is 3.66. The first-order chi connectivity index (χ1) is 20.7. The maximum atomic E-state index is 13.7. The van der Waals surface area contributed by atoms with Crippen LogP contribution < -0.4 is 5.32 Å². The van der Waals surface area contributed by atoms with Crippen LogP contribution in [0.4, 0.5) is 10.1 Å². The molecule has 1 saturated heterocycles. The lowest BCUT2D eigenvalue weighted by molar-refractivity contribution is -0.114. The summed E-state index contributed by atoms with van der Waals surface area (Å²) in [7, 11) is 0. The van der Waals surface area contributed by atoms with Crippen LogP contribution in [0.3, 0.4) is 0 Å².